The molecule has 0 bridgehead atoms. The first-order valence-corrected chi connectivity index (χ1v) is 9.77. The predicted molar refractivity (Wildman–Crippen MR) is 117 cm³/mol. The minimum absolute atomic E-state index is 0.157. The van der Waals surface area contributed by atoms with E-state index in [-0.39, 0.29) is 5.92 Å². The van der Waals surface area contributed by atoms with Crippen LogP contribution in [0, 0.1) is 13.8 Å². The Balaban J connectivity index is 1.55. The third-order valence-corrected chi connectivity index (χ3v) is 5.14. The first-order valence-electron chi connectivity index (χ1n) is 9.77. The molecule has 29 heavy (non-hydrogen) atoms. The van der Waals surface area contributed by atoms with E-state index in [0.717, 1.165) is 28.6 Å². The molecular formula is C24H25N5. The Kier molecular flexibility index (Phi) is 5.12. The Morgan fingerprint density at radius 2 is 1.79 bits per heavy atom. The zero-order valence-electron chi connectivity index (χ0n) is 17.2. The summed E-state index contributed by atoms with van der Waals surface area (Å²) < 4.78 is 3.89. The van der Waals surface area contributed by atoms with E-state index in [9.17, 15) is 0 Å². The molecule has 2 aromatic carbocycles. The van der Waals surface area contributed by atoms with Gasteiger partial charge in [-0.15, -0.1) is 0 Å². The van der Waals surface area contributed by atoms with Gasteiger partial charge >= 0.3 is 0 Å². The normalized spacial score (nSPS) is 12.6. The standard InChI is InChI=1S/C24H25N5/c1-17-14-20(10-12-22(17)29-15-18(2)25-16-29)11-13-23-26-24(27-28(23)4)19(3)21-8-6-5-7-9-21/h5-16,19H,1-4H3/b13-11+. The van der Waals surface area contributed by atoms with Crippen molar-refractivity contribution in [3.8, 4) is 5.69 Å². The van der Waals surface area contributed by atoms with Crippen LogP contribution < -0.4 is 0 Å². The van der Waals surface area contributed by atoms with Gasteiger partial charge < -0.3 is 4.57 Å². The maximum absolute atomic E-state index is 4.74. The van der Waals surface area contributed by atoms with Crippen LogP contribution in [0.1, 0.15) is 46.9 Å². The molecular weight excluding hydrogens is 358 g/mol. The van der Waals surface area contributed by atoms with Crippen molar-refractivity contribution in [3.63, 3.8) is 0 Å². The quantitative estimate of drug-likeness (QED) is 0.490. The maximum atomic E-state index is 4.74. The molecule has 1 unspecified atom stereocenters. The second kappa shape index (κ2) is 7.87. The second-order valence-electron chi connectivity index (χ2n) is 7.39. The smallest absolute Gasteiger partial charge is 0.158 e. The minimum Gasteiger partial charge on any atom is -0.306 e. The molecule has 5 nitrogen and oxygen atoms in total. The highest BCUT2D eigenvalue weighted by molar-refractivity contribution is 5.68. The van der Waals surface area contributed by atoms with Crippen LogP contribution in [-0.4, -0.2) is 24.3 Å². The van der Waals surface area contributed by atoms with Crippen LogP contribution in [0.2, 0.25) is 0 Å². The molecule has 0 spiro atoms. The molecule has 146 valence electrons. The molecule has 5 heteroatoms. The van der Waals surface area contributed by atoms with E-state index in [1.807, 2.05) is 55.5 Å². The van der Waals surface area contributed by atoms with Crippen LogP contribution in [0.3, 0.4) is 0 Å². The summed E-state index contributed by atoms with van der Waals surface area (Å²) in [6.07, 6.45) is 7.98. The summed E-state index contributed by atoms with van der Waals surface area (Å²) >= 11 is 0. The Morgan fingerprint density at radius 3 is 2.48 bits per heavy atom. The maximum Gasteiger partial charge on any atom is 0.158 e. The Labute approximate surface area is 171 Å². The molecule has 4 rings (SSSR count). The minimum atomic E-state index is 0.157. The number of nitrogens with zero attached hydrogens (tertiary/aromatic N) is 5. The Morgan fingerprint density at radius 1 is 1.00 bits per heavy atom. The fourth-order valence-electron chi connectivity index (χ4n) is 3.43. The van der Waals surface area contributed by atoms with Gasteiger partial charge in [0.25, 0.3) is 0 Å². The first kappa shape index (κ1) is 18.9. The number of benzene rings is 2. The van der Waals surface area contributed by atoms with Crippen molar-refractivity contribution in [3.05, 3.63) is 95.1 Å². The van der Waals surface area contributed by atoms with E-state index in [4.69, 9.17) is 4.98 Å². The van der Waals surface area contributed by atoms with E-state index < -0.39 is 0 Å². The van der Waals surface area contributed by atoms with Gasteiger partial charge in [-0.1, -0.05) is 49.4 Å². The first-order chi connectivity index (χ1) is 14.0. The van der Waals surface area contributed by atoms with Crippen LogP contribution >= 0.6 is 0 Å². The average molecular weight is 383 g/mol. The van der Waals surface area contributed by atoms with Gasteiger partial charge in [-0.3, -0.25) is 0 Å². The highest BCUT2D eigenvalue weighted by atomic mass is 15.3. The Hall–Kier alpha value is -3.47. The number of rotatable bonds is 5. The summed E-state index contributed by atoms with van der Waals surface area (Å²) in [5, 5.41) is 4.62. The lowest BCUT2D eigenvalue weighted by Gasteiger charge is -2.07. The van der Waals surface area contributed by atoms with Crippen molar-refractivity contribution in [2.75, 3.05) is 0 Å². The van der Waals surface area contributed by atoms with Crippen LogP contribution in [0.4, 0.5) is 0 Å². The van der Waals surface area contributed by atoms with Crippen LogP contribution in [0.5, 0.6) is 0 Å². The molecule has 0 amide bonds. The van der Waals surface area contributed by atoms with Crippen LogP contribution in [-0.2, 0) is 7.05 Å². The molecule has 0 saturated carbocycles. The molecule has 1 atom stereocenters. The fraction of sp³-hybridized carbons (Fsp3) is 0.208. The van der Waals surface area contributed by atoms with Crippen molar-refractivity contribution in [1.29, 1.82) is 0 Å². The van der Waals surface area contributed by atoms with Gasteiger partial charge in [-0.05, 0) is 48.7 Å². The van der Waals surface area contributed by atoms with E-state index in [0.29, 0.717) is 0 Å². The van der Waals surface area contributed by atoms with Gasteiger partial charge in [0.1, 0.15) is 0 Å². The lowest BCUT2D eigenvalue weighted by Crippen LogP contribution is -1.99. The van der Waals surface area contributed by atoms with E-state index >= 15 is 0 Å². The topological polar surface area (TPSA) is 48.5 Å². The molecule has 2 aromatic heterocycles. The van der Waals surface area contributed by atoms with Gasteiger partial charge in [0.05, 0.1) is 12.0 Å². The lowest BCUT2D eigenvalue weighted by molar-refractivity contribution is 0.720. The van der Waals surface area contributed by atoms with Gasteiger partial charge in [0, 0.05) is 24.8 Å². The molecule has 0 fully saturated rings. The van der Waals surface area contributed by atoms with Crippen molar-refractivity contribution in [2.24, 2.45) is 7.05 Å². The van der Waals surface area contributed by atoms with Gasteiger partial charge in [-0.2, -0.15) is 5.10 Å². The number of hydrogen-bond acceptors (Lipinski definition) is 3. The molecule has 0 radical (unpaired) electrons. The zero-order chi connectivity index (χ0) is 20.4. The van der Waals surface area contributed by atoms with Gasteiger partial charge in [0.15, 0.2) is 11.6 Å². The Bertz CT molecular complexity index is 1150. The zero-order valence-corrected chi connectivity index (χ0v) is 17.2. The number of aromatic nitrogens is 5. The molecule has 0 aliphatic carbocycles. The summed E-state index contributed by atoms with van der Waals surface area (Å²) in [6.45, 7) is 6.25. The van der Waals surface area contributed by atoms with E-state index in [1.54, 1.807) is 0 Å². The molecule has 0 aliphatic rings. The molecule has 0 aliphatic heterocycles. The van der Waals surface area contributed by atoms with E-state index in [1.165, 1.54) is 11.1 Å². The third-order valence-electron chi connectivity index (χ3n) is 5.14. The molecule has 0 N–H and O–H groups in total. The largest absolute Gasteiger partial charge is 0.306 e. The second-order valence-corrected chi connectivity index (χ2v) is 7.39. The lowest BCUT2D eigenvalue weighted by atomic mass is 10.0. The SMILES string of the molecule is Cc1cn(-c2ccc(/C=C/c3nc(C(C)c4ccccc4)nn3C)cc2C)cn1. The third kappa shape index (κ3) is 4.04. The number of imidazole rings is 1. The molecule has 4 aromatic rings. The summed E-state index contributed by atoms with van der Waals surface area (Å²) in [7, 11) is 1.93. The highest BCUT2D eigenvalue weighted by Crippen LogP contribution is 2.22. The fourth-order valence-corrected chi connectivity index (χ4v) is 3.43. The summed E-state index contributed by atoms with van der Waals surface area (Å²) in [5.41, 5.74) is 5.69. The van der Waals surface area contributed by atoms with E-state index in [2.05, 4.69) is 64.9 Å². The summed E-state index contributed by atoms with van der Waals surface area (Å²) in [6, 6.07) is 16.8. The summed E-state index contributed by atoms with van der Waals surface area (Å²) in [5.74, 6) is 1.83. The van der Waals surface area contributed by atoms with Gasteiger partial charge in [-0.25, -0.2) is 14.6 Å². The van der Waals surface area contributed by atoms with Gasteiger partial charge in [0.2, 0.25) is 0 Å². The predicted octanol–water partition coefficient (Wildman–Crippen LogP) is 4.94. The van der Waals surface area contributed by atoms with Crippen LogP contribution in [0.25, 0.3) is 17.8 Å². The average Bonchev–Trinajstić information content (AvgIpc) is 3.32. The molecule has 2 heterocycles. The van der Waals surface area contributed by atoms with Crippen molar-refractivity contribution >= 4 is 12.2 Å². The van der Waals surface area contributed by atoms with Crippen LogP contribution in [0.15, 0.2) is 61.1 Å². The van der Waals surface area contributed by atoms with Crippen molar-refractivity contribution in [1.82, 2.24) is 24.3 Å². The van der Waals surface area contributed by atoms with Crippen molar-refractivity contribution < 1.29 is 0 Å². The summed E-state index contributed by atoms with van der Waals surface area (Å²) in [4.78, 5) is 9.06. The highest BCUT2D eigenvalue weighted by Gasteiger charge is 2.14. The van der Waals surface area contributed by atoms with Crippen molar-refractivity contribution in [2.45, 2.75) is 26.7 Å². The number of hydrogen-bond donors (Lipinski definition) is 0. The monoisotopic (exact) mass is 383 g/mol. The number of aryl methyl sites for hydroxylation is 3. The molecule has 0 saturated heterocycles.